The van der Waals surface area contributed by atoms with Crippen molar-refractivity contribution in [2.75, 3.05) is 6.54 Å². The third kappa shape index (κ3) is 4.53. The normalized spacial score (nSPS) is 11.6. The first kappa shape index (κ1) is 16.9. The standard InChI is InChI=1S/C16H17ClFNO2S/c1-12-11-15(18)8-9-16(12)22(20,21)19-10-2-3-13-4-6-14(17)7-5-13/h4-9,11,19H,2-3,10H2,1H3. The van der Waals surface area contributed by atoms with Crippen LogP contribution in [0.3, 0.4) is 0 Å². The number of rotatable bonds is 6. The summed E-state index contributed by atoms with van der Waals surface area (Å²) in [6.45, 7) is 1.90. The van der Waals surface area contributed by atoms with Crippen LogP contribution in [0.5, 0.6) is 0 Å². The molecule has 1 N–H and O–H groups in total. The van der Waals surface area contributed by atoms with Crippen LogP contribution in [0, 0.1) is 12.7 Å². The average Bonchev–Trinajstić information content (AvgIpc) is 2.45. The molecule has 0 saturated heterocycles. The Labute approximate surface area is 135 Å². The molecule has 0 aliphatic rings. The number of benzene rings is 2. The topological polar surface area (TPSA) is 46.2 Å². The van der Waals surface area contributed by atoms with E-state index in [1.807, 2.05) is 24.3 Å². The first-order chi connectivity index (χ1) is 10.4. The molecule has 0 bridgehead atoms. The number of halogens is 2. The second-order valence-corrected chi connectivity index (χ2v) is 7.21. The molecule has 3 nitrogen and oxygen atoms in total. The van der Waals surface area contributed by atoms with Gasteiger partial charge in [0, 0.05) is 11.6 Å². The first-order valence-electron chi connectivity index (χ1n) is 6.89. The van der Waals surface area contributed by atoms with Gasteiger partial charge >= 0.3 is 0 Å². The van der Waals surface area contributed by atoms with Gasteiger partial charge in [0.25, 0.3) is 0 Å². The maximum atomic E-state index is 13.0. The lowest BCUT2D eigenvalue weighted by Gasteiger charge is -2.09. The molecule has 2 aromatic rings. The Bertz CT molecular complexity index is 745. The summed E-state index contributed by atoms with van der Waals surface area (Å²) in [5.74, 6) is -0.445. The maximum absolute atomic E-state index is 13.0. The second kappa shape index (κ2) is 7.22. The lowest BCUT2D eigenvalue weighted by Crippen LogP contribution is -2.25. The van der Waals surface area contributed by atoms with Gasteiger partial charge in [-0.2, -0.15) is 0 Å². The molecule has 0 spiro atoms. The van der Waals surface area contributed by atoms with Gasteiger partial charge in [-0.05, 0) is 61.2 Å². The average molecular weight is 342 g/mol. The molecular formula is C16H17ClFNO2S. The molecule has 2 rings (SSSR count). The largest absolute Gasteiger partial charge is 0.240 e. The van der Waals surface area contributed by atoms with E-state index in [4.69, 9.17) is 11.6 Å². The van der Waals surface area contributed by atoms with Gasteiger partial charge in [0.1, 0.15) is 5.82 Å². The summed E-state index contributed by atoms with van der Waals surface area (Å²) < 4.78 is 39.9. The fraction of sp³-hybridized carbons (Fsp3) is 0.250. The highest BCUT2D eigenvalue weighted by molar-refractivity contribution is 7.89. The molecule has 118 valence electrons. The number of sulfonamides is 1. The van der Waals surface area contributed by atoms with E-state index in [1.54, 1.807) is 6.92 Å². The van der Waals surface area contributed by atoms with Crippen LogP contribution in [0.2, 0.25) is 5.02 Å². The van der Waals surface area contributed by atoms with Gasteiger partial charge < -0.3 is 0 Å². The minimum Gasteiger partial charge on any atom is -0.211 e. The molecule has 0 heterocycles. The van der Waals surface area contributed by atoms with Crippen molar-refractivity contribution in [2.24, 2.45) is 0 Å². The molecule has 0 aromatic heterocycles. The van der Waals surface area contributed by atoms with Gasteiger partial charge in [-0.1, -0.05) is 23.7 Å². The molecule has 0 unspecified atom stereocenters. The van der Waals surface area contributed by atoms with Crippen LogP contribution in [0.1, 0.15) is 17.5 Å². The van der Waals surface area contributed by atoms with Gasteiger partial charge in [0.2, 0.25) is 10.0 Å². The van der Waals surface area contributed by atoms with E-state index in [9.17, 15) is 12.8 Å². The monoisotopic (exact) mass is 341 g/mol. The van der Waals surface area contributed by atoms with Crippen molar-refractivity contribution in [3.63, 3.8) is 0 Å². The fourth-order valence-corrected chi connectivity index (χ4v) is 3.57. The highest BCUT2D eigenvalue weighted by Gasteiger charge is 2.16. The number of nitrogens with one attached hydrogen (secondary N) is 1. The SMILES string of the molecule is Cc1cc(F)ccc1S(=O)(=O)NCCCc1ccc(Cl)cc1. The zero-order valence-electron chi connectivity index (χ0n) is 12.1. The van der Waals surface area contributed by atoms with Crippen LogP contribution in [0.4, 0.5) is 4.39 Å². The summed E-state index contributed by atoms with van der Waals surface area (Å²) in [6.07, 6.45) is 1.42. The van der Waals surface area contributed by atoms with E-state index >= 15 is 0 Å². The number of aryl methyl sites for hydroxylation is 2. The van der Waals surface area contributed by atoms with Gasteiger partial charge in [-0.15, -0.1) is 0 Å². The Morgan fingerprint density at radius 1 is 1.14 bits per heavy atom. The minimum absolute atomic E-state index is 0.111. The minimum atomic E-state index is -3.61. The molecule has 2 aromatic carbocycles. The van der Waals surface area contributed by atoms with Crippen molar-refractivity contribution in [2.45, 2.75) is 24.7 Å². The smallest absolute Gasteiger partial charge is 0.211 e. The summed E-state index contributed by atoms with van der Waals surface area (Å²) in [7, 11) is -3.61. The highest BCUT2D eigenvalue weighted by atomic mass is 35.5. The maximum Gasteiger partial charge on any atom is 0.240 e. The molecule has 0 amide bonds. The van der Waals surface area contributed by atoms with Gasteiger partial charge in [0.15, 0.2) is 0 Å². The van der Waals surface area contributed by atoms with Crippen LogP contribution in [-0.2, 0) is 16.4 Å². The van der Waals surface area contributed by atoms with Gasteiger partial charge in [0.05, 0.1) is 4.90 Å². The predicted octanol–water partition coefficient (Wildman–Crippen LogP) is 3.70. The predicted molar refractivity (Wildman–Crippen MR) is 86.1 cm³/mol. The summed E-state index contributed by atoms with van der Waals surface area (Å²) in [5, 5.41) is 0.677. The zero-order valence-corrected chi connectivity index (χ0v) is 13.7. The first-order valence-corrected chi connectivity index (χ1v) is 8.75. The Morgan fingerprint density at radius 3 is 2.45 bits per heavy atom. The third-order valence-corrected chi connectivity index (χ3v) is 5.15. The molecule has 0 radical (unpaired) electrons. The molecule has 0 aliphatic heterocycles. The van der Waals surface area contributed by atoms with Crippen LogP contribution in [0.25, 0.3) is 0 Å². The summed E-state index contributed by atoms with van der Waals surface area (Å²) in [6, 6.07) is 11.1. The highest BCUT2D eigenvalue weighted by Crippen LogP contribution is 2.16. The van der Waals surface area contributed by atoms with Crippen molar-refractivity contribution >= 4 is 21.6 Å². The molecular weight excluding hydrogens is 325 g/mol. The Kier molecular flexibility index (Phi) is 5.56. The van der Waals surface area contributed by atoms with Gasteiger partial charge in [-0.25, -0.2) is 17.5 Å². The molecule has 0 saturated carbocycles. The van der Waals surface area contributed by atoms with E-state index in [0.717, 1.165) is 18.1 Å². The number of hydrogen-bond acceptors (Lipinski definition) is 2. The van der Waals surface area contributed by atoms with Crippen LogP contribution in [-0.4, -0.2) is 15.0 Å². The third-order valence-electron chi connectivity index (χ3n) is 3.27. The molecule has 0 atom stereocenters. The molecule has 0 fully saturated rings. The van der Waals surface area contributed by atoms with E-state index in [0.29, 0.717) is 23.6 Å². The van der Waals surface area contributed by atoms with Crippen molar-refractivity contribution in [1.29, 1.82) is 0 Å². The van der Waals surface area contributed by atoms with Crippen molar-refractivity contribution in [1.82, 2.24) is 4.72 Å². The quantitative estimate of drug-likeness (QED) is 0.814. The lowest BCUT2D eigenvalue weighted by molar-refractivity contribution is 0.577. The zero-order chi connectivity index (χ0) is 16.2. The Balaban J connectivity index is 1.91. The molecule has 22 heavy (non-hydrogen) atoms. The van der Waals surface area contributed by atoms with E-state index in [1.165, 1.54) is 12.1 Å². The van der Waals surface area contributed by atoms with Crippen molar-refractivity contribution in [3.05, 3.63) is 64.4 Å². The Morgan fingerprint density at radius 2 is 1.82 bits per heavy atom. The van der Waals surface area contributed by atoms with Crippen molar-refractivity contribution < 1.29 is 12.8 Å². The van der Waals surface area contributed by atoms with Crippen molar-refractivity contribution in [3.8, 4) is 0 Å². The lowest BCUT2D eigenvalue weighted by atomic mass is 10.1. The van der Waals surface area contributed by atoms with Crippen LogP contribution < -0.4 is 4.72 Å². The van der Waals surface area contributed by atoms with E-state index in [-0.39, 0.29) is 4.90 Å². The number of hydrogen-bond donors (Lipinski definition) is 1. The molecule has 0 aliphatic carbocycles. The van der Waals surface area contributed by atoms with Crippen LogP contribution in [0.15, 0.2) is 47.4 Å². The summed E-state index contributed by atoms with van der Waals surface area (Å²) in [4.78, 5) is 0.111. The summed E-state index contributed by atoms with van der Waals surface area (Å²) >= 11 is 5.81. The van der Waals surface area contributed by atoms with E-state index in [2.05, 4.69) is 4.72 Å². The molecule has 6 heteroatoms. The Hall–Kier alpha value is -1.43. The second-order valence-electron chi connectivity index (χ2n) is 5.04. The van der Waals surface area contributed by atoms with E-state index < -0.39 is 15.8 Å². The summed E-state index contributed by atoms with van der Waals surface area (Å²) in [5.41, 5.74) is 1.49. The fourth-order valence-electron chi connectivity index (χ4n) is 2.14. The van der Waals surface area contributed by atoms with Gasteiger partial charge in [-0.3, -0.25) is 0 Å². The van der Waals surface area contributed by atoms with Crippen LogP contribution >= 0.6 is 11.6 Å².